The Morgan fingerprint density at radius 2 is 2.09 bits per heavy atom. The molecule has 0 aromatic heterocycles. The molecule has 1 heterocycles. The molecule has 1 aliphatic rings. The van der Waals surface area contributed by atoms with Crippen LogP contribution < -0.4 is 5.73 Å². The summed E-state index contributed by atoms with van der Waals surface area (Å²) in [4.78, 5) is 1.98. The van der Waals surface area contributed by atoms with Gasteiger partial charge in [0.05, 0.1) is 0 Å². The molecule has 1 fully saturated rings. The number of nitrogens with two attached hydrogens (primary N) is 1. The van der Waals surface area contributed by atoms with Crippen molar-refractivity contribution < 1.29 is 4.39 Å². The number of hydrogen-bond donors (Lipinski definition) is 1. The molecule has 70 valence electrons. The lowest BCUT2D eigenvalue weighted by Crippen LogP contribution is -2.31. The molecule has 0 spiro atoms. The third-order valence-electron chi connectivity index (χ3n) is 1.91. The van der Waals surface area contributed by atoms with Gasteiger partial charge in [0.25, 0.3) is 0 Å². The molecule has 0 aliphatic carbocycles. The lowest BCUT2D eigenvalue weighted by Gasteiger charge is -2.15. The third-order valence-corrected chi connectivity index (χ3v) is 1.91. The Morgan fingerprint density at radius 3 is 2.27 bits per heavy atom. The molecule has 0 amide bonds. The summed E-state index contributed by atoms with van der Waals surface area (Å²) in [5.74, 6) is 0. The number of likely N-dealkylation sites (tertiary alicyclic amines) is 1. The van der Waals surface area contributed by atoms with Gasteiger partial charge in [0.2, 0.25) is 0 Å². The van der Waals surface area contributed by atoms with E-state index in [1.807, 2.05) is 11.9 Å². The summed E-state index contributed by atoms with van der Waals surface area (Å²) in [6.45, 7) is 1.14. The first-order valence-electron chi connectivity index (χ1n) is 3.28. The number of nitrogens with zero attached hydrogens (tertiary/aromatic N) is 1. The molecule has 2 nitrogen and oxygen atoms in total. The van der Waals surface area contributed by atoms with Crippen LogP contribution in [-0.2, 0) is 0 Å². The van der Waals surface area contributed by atoms with Crippen molar-refractivity contribution >= 4 is 24.8 Å². The minimum atomic E-state index is -0.649. The molecule has 11 heavy (non-hydrogen) atoms. The fourth-order valence-corrected chi connectivity index (χ4v) is 1.29. The second-order valence-electron chi connectivity index (χ2n) is 2.66. The van der Waals surface area contributed by atoms with Gasteiger partial charge in [-0.15, -0.1) is 24.8 Å². The van der Waals surface area contributed by atoms with Crippen LogP contribution in [0.2, 0.25) is 0 Å². The van der Waals surface area contributed by atoms with E-state index in [0.29, 0.717) is 19.5 Å². The largest absolute Gasteiger partial charge is 0.329 e. The SMILES string of the molecule is CN1C[C@@H](F)C[C@H]1CN.Cl.Cl. The molecule has 1 aliphatic heterocycles. The van der Waals surface area contributed by atoms with Crippen molar-refractivity contribution in [3.05, 3.63) is 0 Å². The van der Waals surface area contributed by atoms with Crippen LogP contribution >= 0.6 is 24.8 Å². The average Bonchev–Trinajstić information content (AvgIpc) is 2.10. The van der Waals surface area contributed by atoms with E-state index < -0.39 is 6.17 Å². The number of hydrogen-bond acceptors (Lipinski definition) is 2. The van der Waals surface area contributed by atoms with Crippen LogP contribution in [0.5, 0.6) is 0 Å². The van der Waals surface area contributed by atoms with Gasteiger partial charge < -0.3 is 5.73 Å². The predicted octanol–water partition coefficient (Wildman–Crippen LogP) is 0.831. The average molecular weight is 205 g/mol. The molecule has 0 aromatic rings. The van der Waals surface area contributed by atoms with E-state index in [-0.39, 0.29) is 30.9 Å². The summed E-state index contributed by atoms with van der Waals surface area (Å²) < 4.78 is 12.5. The maximum atomic E-state index is 12.5. The van der Waals surface area contributed by atoms with Crippen LogP contribution in [0.3, 0.4) is 0 Å². The maximum absolute atomic E-state index is 12.5. The van der Waals surface area contributed by atoms with E-state index in [1.165, 1.54) is 0 Å². The highest BCUT2D eigenvalue weighted by atomic mass is 35.5. The normalized spacial score (nSPS) is 30.8. The second kappa shape index (κ2) is 6.00. The molecule has 0 bridgehead atoms. The predicted molar refractivity (Wildman–Crippen MR) is 49.5 cm³/mol. The van der Waals surface area contributed by atoms with Gasteiger partial charge in [-0.25, -0.2) is 4.39 Å². The molecule has 1 saturated heterocycles. The third kappa shape index (κ3) is 3.56. The van der Waals surface area contributed by atoms with Gasteiger partial charge >= 0.3 is 0 Å². The highest BCUT2D eigenvalue weighted by molar-refractivity contribution is 5.85. The lowest BCUT2D eigenvalue weighted by molar-refractivity contribution is 0.297. The molecule has 1 rings (SSSR count). The van der Waals surface area contributed by atoms with Crippen molar-refractivity contribution in [2.45, 2.75) is 18.6 Å². The Morgan fingerprint density at radius 1 is 1.55 bits per heavy atom. The van der Waals surface area contributed by atoms with Gasteiger partial charge in [-0.2, -0.15) is 0 Å². The van der Waals surface area contributed by atoms with Gasteiger partial charge in [-0.05, 0) is 13.5 Å². The zero-order valence-corrected chi connectivity index (χ0v) is 8.13. The Bertz CT molecular complexity index is 105. The summed E-state index contributed by atoms with van der Waals surface area (Å²) >= 11 is 0. The molecule has 2 N–H and O–H groups in total. The fourth-order valence-electron chi connectivity index (χ4n) is 1.29. The first-order valence-corrected chi connectivity index (χ1v) is 3.28. The van der Waals surface area contributed by atoms with Gasteiger partial charge in [0, 0.05) is 19.1 Å². The summed E-state index contributed by atoms with van der Waals surface area (Å²) in [6, 6.07) is 0.278. The Labute approximate surface area is 79.1 Å². The highest BCUT2D eigenvalue weighted by Gasteiger charge is 2.27. The van der Waals surface area contributed by atoms with Gasteiger partial charge in [0.1, 0.15) is 6.17 Å². The van der Waals surface area contributed by atoms with E-state index in [2.05, 4.69) is 0 Å². The second-order valence-corrected chi connectivity index (χ2v) is 2.66. The monoisotopic (exact) mass is 204 g/mol. The summed E-state index contributed by atoms with van der Waals surface area (Å²) in [5, 5.41) is 0. The fraction of sp³-hybridized carbons (Fsp3) is 1.00. The van der Waals surface area contributed by atoms with E-state index in [4.69, 9.17) is 5.73 Å². The van der Waals surface area contributed by atoms with Gasteiger partial charge in [0.15, 0.2) is 0 Å². The van der Waals surface area contributed by atoms with Crippen LogP contribution in [-0.4, -0.2) is 37.3 Å². The van der Waals surface area contributed by atoms with Crippen molar-refractivity contribution in [2.24, 2.45) is 5.73 Å². The molecule has 0 saturated carbocycles. The Balaban J connectivity index is 0. The molecule has 0 unspecified atom stereocenters. The van der Waals surface area contributed by atoms with Crippen LogP contribution in [0.25, 0.3) is 0 Å². The molecular formula is C6H15Cl2FN2. The summed E-state index contributed by atoms with van der Waals surface area (Å²) in [5.41, 5.74) is 5.38. The highest BCUT2D eigenvalue weighted by Crippen LogP contribution is 2.16. The van der Waals surface area contributed by atoms with Crippen LogP contribution in [0.1, 0.15) is 6.42 Å². The first kappa shape index (κ1) is 14.0. The number of halogens is 3. The van der Waals surface area contributed by atoms with Crippen LogP contribution in [0.15, 0.2) is 0 Å². The molecular weight excluding hydrogens is 190 g/mol. The van der Waals surface area contributed by atoms with Crippen molar-refractivity contribution in [1.82, 2.24) is 4.90 Å². The van der Waals surface area contributed by atoms with Crippen molar-refractivity contribution in [1.29, 1.82) is 0 Å². The number of alkyl halides is 1. The summed E-state index contributed by atoms with van der Waals surface area (Å²) in [7, 11) is 1.91. The minimum absolute atomic E-state index is 0. The van der Waals surface area contributed by atoms with Gasteiger partial charge in [-0.3, -0.25) is 4.90 Å². The first-order chi connectivity index (χ1) is 4.24. The minimum Gasteiger partial charge on any atom is -0.329 e. The Hall–Kier alpha value is 0.430. The Kier molecular flexibility index (Phi) is 7.63. The maximum Gasteiger partial charge on any atom is 0.114 e. The van der Waals surface area contributed by atoms with E-state index in [1.54, 1.807) is 0 Å². The lowest BCUT2D eigenvalue weighted by atomic mass is 10.2. The van der Waals surface area contributed by atoms with Crippen molar-refractivity contribution in [2.75, 3.05) is 20.1 Å². The molecule has 2 atom stereocenters. The van der Waals surface area contributed by atoms with E-state index in [9.17, 15) is 4.39 Å². The summed E-state index contributed by atoms with van der Waals surface area (Å²) in [6.07, 6.45) is -0.0314. The van der Waals surface area contributed by atoms with Gasteiger partial charge in [-0.1, -0.05) is 0 Å². The zero-order chi connectivity index (χ0) is 6.85. The quantitative estimate of drug-likeness (QED) is 0.687. The van der Waals surface area contributed by atoms with Crippen LogP contribution in [0, 0.1) is 0 Å². The van der Waals surface area contributed by atoms with Crippen LogP contribution in [0.4, 0.5) is 4.39 Å². The van der Waals surface area contributed by atoms with E-state index >= 15 is 0 Å². The van der Waals surface area contributed by atoms with Crippen molar-refractivity contribution in [3.63, 3.8) is 0 Å². The van der Waals surface area contributed by atoms with Crippen molar-refractivity contribution in [3.8, 4) is 0 Å². The molecule has 5 heteroatoms. The smallest absolute Gasteiger partial charge is 0.114 e. The number of rotatable bonds is 1. The van der Waals surface area contributed by atoms with E-state index in [0.717, 1.165) is 0 Å². The number of likely N-dealkylation sites (N-methyl/N-ethyl adjacent to an activating group) is 1. The topological polar surface area (TPSA) is 29.3 Å². The molecule has 0 radical (unpaired) electrons. The standard InChI is InChI=1S/C6H13FN2.2ClH/c1-9-4-5(7)2-6(9)3-8;;/h5-6H,2-4,8H2,1H3;2*1H/t5-,6-;;/m0../s1. The molecule has 0 aromatic carbocycles. The zero-order valence-electron chi connectivity index (χ0n) is 6.50.